The second-order valence-corrected chi connectivity index (χ2v) is 2.20. The molecule has 0 saturated heterocycles. The van der Waals surface area contributed by atoms with Crippen LogP contribution >= 0.6 is 0 Å². The van der Waals surface area contributed by atoms with E-state index in [9.17, 15) is 14.4 Å². The van der Waals surface area contributed by atoms with Crippen LogP contribution in [-0.4, -0.2) is 22.0 Å². The summed E-state index contributed by atoms with van der Waals surface area (Å²) < 4.78 is 0. The molecular weight excluding hydrogens is 176 g/mol. The molecule has 1 amide bonds. The summed E-state index contributed by atoms with van der Waals surface area (Å²) in [5, 5.41) is 10.3. The lowest BCUT2D eigenvalue weighted by atomic mass is 10.4. The molecule has 0 bridgehead atoms. The van der Waals surface area contributed by atoms with Crippen molar-refractivity contribution in [1.29, 1.82) is 0 Å². The van der Waals surface area contributed by atoms with Gasteiger partial charge >= 0.3 is 11.9 Å². The third-order valence-corrected chi connectivity index (χ3v) is 1.24. The quantitative estimate of drug-likeness (QED) is 0.505. The van der Waals surface area contributed by atoms with Crippen molar-refractivity contribution in [1.82, 2.24) is 4.98 Å². The van der Waals surface area contributed by atoms with Crippen molar-refractivity contribution in [3.8, 4) is 0 Å². The Labute approximate surface area is 72.2 Å². The number of amides is 1. The lowest BCUT2D eigenvalue weighted by molar-refractivity contribution is -0.147. The fourth-order valence-electron chi connectivity index (χ4n) is 0.673. The Morgan fingerprint density at radius 2 is 2.08 bits per heavy atom. The van der Waals surface area contributed by atoms with Crippen molar-refractivity contribution in [3.05, 3.63) is 28.7 Å². The Balaban J connectivity index is 2.76. The van der Waals surface area contributed by atoms with Crippen LogP contribution in [0.1, 0.15) is 0 Å². The largest absolute Gasteiger partial charge is 0.474 e. The average molecular weight is 182 g/mol. The third-order valence-electron chi connectivity index (χ3n) is 1.24. The molecule has 0 aliphatic carbocycles. The molecule has 0 aromatic carbocycles. The monoisotopic (exact) mass is 182 g/mol. The first kappa shape index (κ1) is 8.98. The van der Waals surface area contributed by atoms with Gasteiger partial charge in [-0.05, 0) is 6.07 Å². The van der Waals surface area contributed by atoms with Crippen LogP contribution < -0.4 is 10.9 Å². The van der Waals surface area contributed by atoms with Gasteiger partial charge in [-0.1, -0.05) is 0 Å². The number of carbonyl (C=O) groups excluding carboxylic acids is 1. The summed E-state index contributed by atoms with van der Waals surface area (Å²) in [6.45, 7) is 0. The Morgan fingerprint density at radius 3 is 2.54 bits per heavy atom. The molecule has 0 fully saturated rings. The van der Waals surface area contributed by atoms with Crippen LogP contribution in [0.2, 0.25) is 0 Å². The number of hydrogen-bond acceptors (Lipinski definition) is 3. The Kier molecular flexibility index (Phi) is 2.44. The van der Waals surface area contributed by atoms with E-state index in [0.29, 0.717) is 0 Å². The van der Waals surface area contributed by atoms with Crippen LogP contribution in [0, 0.1) is 0 Å². The van der Waals surface area contributed by atoms with E-state index in [0.717, 1.165) is 0 Å². The molecule has 1 aromatic rings. The number of aromatic amines is 1. The molecule has 3 N–H and O–H groups in total. The molecule has 0 saturated carbocycles. The Hall–Kier alpha value is -2.11. The predicted molar refractivity (Wildman–Crippen MR) is 43.3 cm³/mol. The molecule has 0 spiro atoms. The summed E-state index contributed by atoms with van der Waals surface area (Å²) in [4.78, 5) is 33.5. The zero-order chi connectivity index (χ0) is 9.84. The van der Waals surface area contributed by atoms with Crippen LogP contribution in [0.15, 0.2) is 23.1 Å². The van der Waals surface area contributed by atoms with Gasteiger partial charge in [0.2, 0.25) is 5.56 Å². The van der Waals surface area contributed by atoms with Gasteiger partial charge in [-0.15, -0.1) is 0 Å². The number of aliphatic carboxylic acids is 1. The van der Waals surface area contributed by atoms with Gasteiger partial charge in [0.15, 0.2) is 0 Å². The van der Waals surface area contributed by atoms with Crippen molar-refractivity contribution in [2.45, 2.75) is 0 Å². The molecule has 0 aliphatic heterocycles. The van der Waals surface area contributed by atoms with Crippen LogP contribution in [0.4, 0.5) is 5.69 Å². The summed E-state index contributed by atoms with van der Waals surface area (Å²) in [7, 11) is 0. The fraction of sp³-hybridized carbons (Fsp3) is 0. The number of hydrogen-bond donors (Lipinski definition) is 3. The maximum absolute atomic E-state index is 10.6. The normalized spacial score (nSPS) is 9.23. The molecule has 0 radical (unpaired) electrons. The van der Waals surface area contributed by atoms with E-state index in [-0.39, 0.29) is 11.2 Å². The van der Waals surface area contributed by atoms with Gasteiger partial charge in [0.25, 0.3) is 0 Å². The minimum absolute atomic E-state index is 0.229. The van der Waals surface area contributed by atoms with Crippen molar-refractivity contribution in [2.75, 3.05) is 5.32 Å². The highest BCUT2D eigenvalue weighted by Crippen LogP contribution is 1.99. The highest BCUT2D eigenvalue weighted by molar-refractivity contribution is 6.36. The van der Waals surface area contributed by atoms with E-state index in [2.05, 4.69) is 10.3 Å². The molecule has 6 heteroatoms. The molecule has 68 valence electrons. The Morgan fingerprint density at radius 1 is 1.38 bits per heavy atom. The van der Waals surface area contributed by atoms with Gasteiger partial charge in [0, 0.05) is 12.3 Å². The van der Waals surface area contributed by atoms with Gasteiger partial charge in [-0.3, -0.25) is 9.59 Å². The second kappa shape index (κ2) is 3.53. The standard InChI is InChI=1S/C7H6N2O4/c10-5-2-1-4(3-8-5)9-6(11)7(12)13/h1-3H,(H,8,10)(H,9,11)(H,12,13). The smallest absolute Gasteiger partial charge is 0.394 e. The van der Waals surface area contributed by atoms with Crippen LogP contribution in [0.5, 0.6) is 0 Å². The zero-order valence-electron chi connectivity index (χ0n) is 6.40. The summed E-state index contributed by atoms with van der Waals surface area (Å²) in [5.41, 5.74) is -0.0969. The van der Waals surface area contributed by atoms with E-state index >= 15 is 0 Å². The highest BCUT2D eigenvalue weighted by atomic mass is 16.4. The van der Waals surface area contributed by atoms with E-state index in [4.69, 9.17) is 5.11 Å². The summed E-state index contributed by atoms with van der Waals surface area (Å²) in [5.74, 6) is -2.72. The summed E-state index contributed by atoms with van der Waals surface area (Å²) >= 11 is 0. The lowest BCUT2D eigenvalue weighted by Crippen LogP contribution is -2.22. The molecule has 6 nitrogen and oxygen atoms in total. The fourth-order valence-corrected chi connectivity index (χ4v) is 0.673. The van der Waals surface area contributed by atoms with Crippen LogP contribution in [0.25, 0.3) is 0 Å². The van der Waals surface area contributed by atoms with Crippen LogP contribution in [0.3, 0.4) is 0 Å². The minimum atomic E-state index is -1.58. The highest BCUT2D eigenvalue weighted by Gasteiger charge is 2.10. The van der Waals surface area contributed by atoms with E-state index in [1.165, 1.54) is 18.3 Å². The molecular formula is C7H6N2O4. The first-order valence-corrected chi connectivity index (χ1v) is 3.32. The van der Waals surface area contributed by atoms with E-state index in [1.807, 2.05) is 0 Å². The molecule has 1 aromatic heterocycles. The number of pyridine rings is 1. The van der Waals surface area contributed by atoms with Crippen molar-refractivity contribution in [3.63, 3.8) is 0 Å². The third kappa shape index (κ3) is 2.44. The van der Waals surface area contributed by atoms with Crippen molar-refractivity contribution in [2.24, 2.45) is 0 Å². The number of anilines is 1. The molecule has 1 rings (SSSR count). The van der Waals surface area contributed by atoms with Crippen molar-refractivity contribution >= 4 is 17.6 Å². The Bertz CT molecular complexity index is 375. The van der Waals surface area contributed by atoms with E-state index < -0.39 is 11.9 Å². The SMILES string of the molecule is O=C(O)C(=O)Nc1ccc(=O)[nH]c1. The van der Waals surface area contributed by atoms with Gasteiger partial charge in [0.1, 0.15) is 0 Å². The number of carboxylic acids is 1. The minimum Gasteiger partial charge on any atom is -0.474 e. The molecule has 0 atom stereocenters. The summed E-state index contributed by atoms with van der Waals surface area (Å²) in [6.07, 6.45) is 1.21. The molecule has 13 heavy (non-hydrogen) atoms. The second-order valence-electron chi connectivity index (χ2n) is 2.20. The molecule has 0 unspecified atom stereocenters. The number of H-pyrrole nitrogens is 1. The first-order chi connectivity index (χ1) is 6.09. The number of rotatable bonds is 1. The average Bonchev–Trinajstić information content (AvgIpc) is 2.08. The number of nitrogens with one attached hydrogen (secondary N) is 2. The number of carbonyl (C=O) groups is 2. The van der Waals surface area contributed by atoms with Gasteiger partial charge < -0.3 is 15.4 Å². The van der Waals surface area contributed by atoms with Gasteiger partial charge in [-0.2, -0.15) is 0 Å². The lowest BCUT2D eigenvalue weighted by Gasteiger charge is -1.99. The van der Waals surface area contributed by atoms with Gasteiger partial charge in [0.05, 0.1) is 5.69 Å². The first-order valence-electron chi connectivity index (χ1n) is 3.32. The predicted octanol–water partition coefficient (Wildman–Crippen LogP) is -0.602. The molecule has 1 heterocycles. The van der Waals surface area contributed by atoms with Gasteiger partial charge in [-0.25, -0.2) is 4.79 Å². The van der Waals surface area contributed by atoms with Crippen molar-refractivity contribution < 1.29 is 14.7 Å². The topological polar surface area (TPSA) is 99.3 Å². The molecule has 0 aliphatic rings. The zero-order valence-corrected chi connectivity index (χ0v) is 6.40. The van der Waals surface area contributed by atoms with E-state index in [1.54, 1.807) is 0 Å². The number of carboxylic acid groups (broad SMARTS) is 1. The maximum Gasteiger partial charge on any atom is 0.394 e. The summed E-state index contributed by atoms with van der Waals surface area (Å²) in [6, 6.07) is 2.48. The number of aromatic nitrogens is 1. The van der Waals surface area contributed by atoms with Crippen LogP contribution in [-0.2, 0) is 9.59 Å². The maximum atomic E-state index is 10.6.